The van der Waals surface area contributed by atoms with Crippen molar-refractivity contribution < 1.29 is 14.6 Å². The van der Waals surface area contributed by atoms with Crippen LogP contribution in [0, 0.1) is 17.2 Å². The molecule has 0 heterocycles. The maximum Gasteiger partial charge on any atom is 0.306 e. The van der Waals surface area contributed by atoms with Crippen LogP contribution in [0.2, 0.25) is 0 Å². The van der Waals surface area contributed by atoms with Crippen molar-refractivity contribution in [2.45, 2.75) is 38.4 Å². The van der Waals surface area contributed by atoms with E-state index in [0.29, 0.717) is 25.0 Å². The van der Waals surface area contributed by atoms with Gasteiger partial charge in [0.25, 0.3) is 0 Å². The van der Waals surface area contributed by atoms with Gasteiger partial charge in [-0.05, 0) is 43.4 Å². The Morgan fingerprint density at radius 1 is 1.26 bits per heavy atom. The van der Waals surface area contributed by atoms with Gasteiger partial charge in [-0.2, -0.15) is 5.26 Å². The second kappa shape index (κ2) is 6.35. The summed E-state index contributed by atoms with van der Waals surface area (Å²) in [5.41, 5.74) is 1.69. The molecule has 1 N–H and O–H groups in total. The highest BCUT2D eigenvalue weighted by atomic mass is 16.5. The second-order valence-corrected chi connectivity index (χ2v) is 4.93. The third-order valence-electron chi connectivity index (χ3n) is 3.59. The van der Waals surface area contributed by atoms with E-state index in [1.165, 1.54) is 0 Å². The summed E-state index contributed by atoms with van der Waals surface area (Å²) in [5, 5.41) is 17.6. The van der Waals surface area contributed by atoms with Crippen LogP contribution in [-0.2, 0) is 16.1 Å². The average molecular weight is 259 g/mol. The van der Waals surface area contributed by atoms with E-state index < -0.39 is 5.97 Å². The fraction of sp³-hybridized carbons (Fsp3) is 0.467. The first-order valence-electron chi connectivity index (χ1n) is 6.52. The summed E-state index contributed by atoms with van der Waals surface area (Å²) in [4.78, 5) is 10.8. The molecule has 0 atom stereocenters. The van der Waals surface area contributed by atoms with Crippen LogP contribution in [0.3, 0.4) is 0 Å². The van der Waals surface area contributed by atoms with Gasteiger partial charge in [-0.15, -0.1) is 0 Å². The number of aliphatic carboxylic acids is 1. The molecular formula is C15H17NO3. The van der Waals surface area contributed by atoms with Crippen LogP contribution in [0.5, 0.6) is 0 Å². The molecular weight excluding hydrogens is 242 g/mol. The van der Waals surface area contributed by atoms with Crippen molar-refractivity contribution in [2.24, 2.45) is 5.92 Å². The Morgan fingerprint density at radius 3 is 2.42 bits per heavy atom. The van der Waals surface area contributed by atoms with E-state index >= 15 is 0 Å². The van der Waals surface area contributed by atoms with Gasteiger partial charge in [0.2, 0.25) is 0 Å². The lowest BCUT2D eigenvalue weighted by molar-refractivity contribution is -0.143. The molecule has 1 fully saturated rings. The second-order valence-electron chi connectivity index (χ2n) is 4.93. The van der Waals surface area contributed by atoms with E-state index in [0.717, 1.165) is 18.4 Å². The van der Waals surface area contributed by atoms with E-state index in [1.807, 2.05) is 12.1 Å². The lowest BCUT2D eigenvalue weighted by atomic mass is 9.87. The normalized spacial score (nSPS) is 22.7. The summed E-state index contributed by atoms with van der Waals surface area (Å²) >= 11 is 0. The SMILES string of the molecule is N#Cc1ccc(COC2CCC(C(=O)O)CC2)cc1. The van der Waals surface area contributed by atoms with Crippen LogP contribution in [0.1, 0.15) is 36.8 Å². The Labute approximate surface area is 112 Å². The van der Waals surface area contributed by atoms with E-state index in [2.05, 4.69) is 6.07 Å². The molecule has 1 aliphatic carbocycles. The Kier molecular flexibility index (Phi) is 4.53. The first kappa shape index (κ1) is 13.6. The Morgan fingerprint density at radius 2 is 1.89 bits per heavy atom. The molecule has 0 radical (unpaired) electrons. The summed E-state index contributed by atoms with van der Waals surface area (Å²) in [7, 11) is 0. The molecule has 0 aliphatic heterocycles. The van der Waals surface area contributed by atoms with Gasteiger partial charge in [0.1, 0.15) is 0 Å². The molecule has 0 spiro atoms. The zero-order chi connectivity index (χ0) is 13.7. The largest absolute Gasteiger partial charge is 0.481 e. The van der Waals surface area contributed by atoms with Gasteiger partial charge in [-0.25, -0.2) is 0 Å². The summed E-state index contributed by atoms with van der Waals surface area (Å²) in [5.74, 6) is -0.889. The van der Waals surface area contributed by atoms with Crippen LogP contribution in [-0.4, -0.2) is 17.2 Å². The molecule has 0 amide bonds. The van der Waals surface area contributed by atoms with Gasteiger partial charge in [-0.3, -0.25) is 4.79 Å². The first-order chi connectivity index (χ1) is 9.19. The number of carboxylic acid groups (broad SMARTS) is 1. The molecule has 4 nitrogen and oxygen atoms in total. The van der Waals surface area contributed by atoms with Crippen LogP contribution >= 0.6 is 0 Å². The van der Waals surface area contributed by atoms with E-state index in [1.54, 1.807) is 12.1 Å². The minimum absolute atomic E-state index is 0.159. The minimum atomic E-state index is -0.689. The predicted molar refractivity (Wildman–Crippen MR) is 69.3 cm³/mol. The Hall–Kier alpha value is -1.86. The monoisotopic (exact) mass is 259 g/mol. The zero-order valence-corrected chi connectivity index (χ0v) is 10.7. The molecule has 100 valence electrons. The van der Waals surface area contributed by atoms with Gasteiger partial charge >= 0.3 is 5.97 Å². The highest BCUT2D eigenvalue weighted by molar-refractivity contribution is 5.70. The number of carboxylic acids is 1. The fourth-order valence-electron chi connectivity index (χ4n) is 2.37. The molecule has 1 saturated carbocycles. The first-order valence-corrected chi connectivity index (χ1v) is 6.52. The third-order valence-corrected chi connectivity index (χ3v) is 3.59. The number of hydrogen-bond acceptors (Lipinski definition) is 3. The molecule has 1 aromatic carbocycles. The van der Waals surface area contributed by atoms with Crippen molar-refractivity contribution in [3.63, 3.8) is 0 Å². The van der Waals surface area contributed by atoms with Crippen molar-refractivity contribution in [1.29, 1.82) is 5.26 Å². The minimum Gasteiger partial charge on any atom is -0.481 e. The standard InChI is InChI=1S/C15H17NO3/c16-9-11-1-3-12(4-2-11)10-19-14-7-5-13(6-8-14)15(17)18/h1-4,13-14H,5-8,10H2,(H,17,18). The van der Waals surface area contributed by atoms with Gasteiger partial charge in [0.05, 0.1) is 30.3 Å². The van der Waals surface area contributed by atoms with Crippen molar-refractivity contribution in [1.82, 2.24) is 0 Å². The summed E-state index contributed by atoms with van der Waals surface area (Å²) in [6.07, 6.45) is 3.19. The Balaban J connectivity index is 1.77. The lowest BCUT2D eigenvalue weighted by Gasteiger charge is -2.26. The van der Waals surface area contributed by atoms with Gasteiger partial charge in [-0.1, -0.05) is 12.1 Å². The fourth-order valence-corrected chi connectivity index (χ4v) is 2.37. The molecule has 0 unspecified atom stereocenters. The molecule has 2 rings (SSSR count). The summed E-state index contributed by atoms with van der Waals surface area (Å²) in [6.45, 7) is 0.522. The summed E-state index contributed by atoms with van der Waals surface area (Å²) < 4.78 is 5.79. The van der Waals surface area contributed by atoms with Crippen molar-refractivity contribution in [3.05, 3.63) is 35.4 Å². The smallest absolute Gasteiger partial charge is 0.306 e. The zero-order valence-electron chi connectivity index (χ0n) is 10.7. The number of carbonyl (C=O) groups is 1. The molecule has 1 aliphatic rings. The maximum atomic E-state index is 10.8. The maximum absolute atomic E-state index is 10.8. The highest BCUT2D eigenvalue weighted by Gasteiger charge is 2.26. The van der Waals surface area contributed by atoms with Gasteiger partial charge < -0.3 is 9.84 Å². The van der Waals surface area contributed by atoms with Crippen LogP contribution in [0.25, 0.3) is 0 Å². The molecule has 0 bridgehead atoms. The van der Waals surface area contributed by atoms with Crippen molar-refractivity contribution in [3.8, 4) is 6.07 Å². The number of rotatable bonds is 4. The predicted octanol–water partition coefficient (Wildman–Crippen LogP) is 2.72. The van der Waals surface area contributed by atoms with Gasteiger partial charge in [0, 0.05) is 0 Å². The Bertz CT molecular complexity index is 467. The molecule has 1 aromatic rings. The number of nitrogens with zero attached hydrogens (tertiary/aromatic N) is 1. The summed E-state index contributed by atoms with van der Waals surface area (Å²) in [6, 6.07) is 9.41. The van der Waals surface area contributed by atoms with Crippen LogP contribution in [0.4, 0.5) is 0 Å². The van der Waals surface area contributed by atoms with Crippen LogP contribution in [0.15, 0.2) is 24.3 Å². The lowest BCUT2D eigenvalue weighted by Crippen LogP contribution is -2.25. The number of nitriles is 1. The average Bonchev–Trinajstić information content (AvgIpc) is 2.46. The van der Waals surface area contributed by atoms with E-state index in [9.17, 15) is 4.79 Å². The number of hydrogen-bond donors (Lipinski definition) is 1. The van der Waals surface area contributed by atoms with Crippen molar-refractivity contribution in [2.75, 3.05) is 0 Å². The molecule has 4 heteroatoms. The van der Waals surface area contributed by atoms with Gasteiger partial charge in [0.15, 0.2) is 0 Å². The number of benzene rings is 1. The van der Waals surface area contributed by atoms with Crippen molar-refractivity contribution >= 4 is 5.97 Å². The van der Waals surface area contributed by atoms with Crippen LogP contribution < -0.4 is 0 Å². The molecule has 0 saturated heterocycles. The topological polar surface area (TPSA) is 70.3 Å². The van der Waals surface area contributed by atoms with E-state index in [-0.39, 0.29) is 12.0 Å². The highest BCUT2D eigenvalue weighted by Crippen LogP contribution is 2.26. The molecule has 19 heavy (non-hydrogen) atoms. The van der Waals surface area contributed by atoms with E-state index in [4.69, 9.17) is 15.1 Å². The molecule has 0 aromatic heterocycles. The number of ether oxygens (including phenoxy) is 1. The quantitative estimate of drug-likeness (QED) is 0.902. The third kappa shape index (κ3) is 3.80.